The van der Waals surface area contributed by atoms with Crippen molar-refractivity contribution in [3.05, 3.63) is 12.2 Å². The second kappa shape index (κ2) is 1.43. The number of aliphatic hydroxyl groups is 1. The highest BCUT2D eigenvalue weighted by atomic mass is 16.6. The van der Waals surface area contributed by atoms with E-state index in [4.69, 9.17) is 9.84 Å². The number of carbonyl (C=O) groups excluding carboxylic acids is 1. The van der Waals surface area contributed by atoms with E-state index in [2.05, 4.69) is 0 Å². The molecule has 9 heavy (non-hydrogen) atoms. The normalized spacial score (nSPS) is 46.8. The van der Waals surface area contributed by atoms with Crippen molar-refractivity contribution in [3.8, 4) is 0 Å². The first kappa shape index (κ1) is 5.14. The number of carbonyl (C=O) groups is 1. The minimum absolute atomic E-state index is 0.0118. The molecule has 0 aromatic rings. The molecule has 2 rings (SSSR count). The van der Waals surface area contributed by atoms with Gasteiger partial charge in [0.15, 0.2) is 5.78 Å². The maximum absolute atomic E-state index is 10.6. The predicted octanol–water partition coefficient (Wildman–Crippen LogP) is -0.746. The number of ether oxygens (including phenoxy) is 1. The van der Waals surface area contributed by atoms with Gasteiger partial charge in [0.25, 0.3) is 0 Å². The standard InChI is InChI=1S/C6H6O3/c7-3-1-2-4-6(9-4)5(3)8/h1-2,4-6,8H. The van der Waals surface area contributed by atoms with E-state index in [1.807, 2.05) is 0 Å². The van der Waals surface area contributed by atoms with E-state index < -0.39 is 6.10 Å². The van der Waals surface area contributed by atoms with Crippen LogP contribution in [0.15, 0.2) is 12.2 Å². The molecule has 0 spiro atoms. The zero-order chi connectivity index (χ0) is 6.43. The number of epoxide rings is 1. The Labute approximate surface area is 51.9 Å². The van der Waals surface area contributed by atoms with Gasteiger partial charge >= 0.3 is 0 Å². The fraction of sp³-hybridized carbons (Fsp3) is 0.500. The Balaban J connectivity index is 2.25. The summed E-state index contributed by atoms with van der Waals surface area (Å²) in [6.45, 7) is 0. The van der Waals surface area contributed by atoms with Crippen LogP contribution in [0.4, 0.5) is 0 Å². The number of ketones is 1. The van der Waals surface area contributed by atoms with Crippen LogP contribution < -0.4 is 0 Å². The molecule has 1 aliphatic heterocycles. The molecule has 0 amide bonds. The van der Waals surface area contributed by atoms with Gasteiger partial charge in [0, 0.05) is 0 Å². The average Bonchev–Trinajstić information content (AvgIpc) is 2.58. The van der Waals surface area contributed by atoms with Gasteiger partial charge in [-0.1, -0.05) is 0 Å². The fourth-order valence-electron chi connectivity index (χ4n) is 0.995. The molecule has 1 fully saturated rings. The van der Waals surface area contributed by atoms with Crippen molar-refractivity contribution in [2.75, 3.05) is 0 Å². The van der Waals surface area contributed by atoms with Crippen LogP contribution in [0.1, 0.15) is 0 Å². The molecule has 3 atom stereocenters. The summed E-state index contributed by atoms with van der Waals surface area (Å²) in [5.41, 5.74) is 0. The molecule has 0 aromatic carbocycles. The summed E-state index contributed by atoms with van der Waals surface area (Å²) in [5.74, 6) is -0.242. The van der Waals surface area contributed by atoms with Crippen molar-refractivity contribution in [2.24, 2.45) is 0 Å². The summed E-state index contributed by atoms with van der Waals surface area (Å²) in [5, 5.41) is 8.96. The molecule has 3 heteroatoms. The van der Waals surface area contributed by atoms with Crippen LogP contribution in [-0.4, -0.2) is 29.2 Å². The summed E-state index contributed by atoms with van der Waals surface area (Å²) in [7, 11) is 0. The van der Waals surface area contributed by atoms with Crippen LogP contribution >= 0.6 is 0 Å². The molecule has 1 N–H and O–H groups in total. The molecule has 1 heterocycles. The molecular formula is C6H6O3. The summed E-state index contributed by atoms with van der Waals surface area (Å²) in [6.07, 6.45) is 1.93. The molecule has 3 nitrogen and oxygen atoms in total. The minimum Gasteiger partial charge on any atom is -0.382 e. The molecule has 0 bridgehead atoms. The average molecular weight is 126 g/mol. The van der Waals surface area contributed by atoms with E-state index in [0.717, 1.165) is 0 Å². The number of hydrogen-bond donors (Lipinski definition) is 1. The lowest BCUT2D eigenvalue weighted by molar-refractivity contribution is -0.123. The lowest BCUT2D eigenvalue weighted by Gasteiger charge is -2.03. The van der Waals surface area contributed by atoms with Crippen LogP contribution in [0.3, 0.4) is 0 Å². The van der Waals surface area contributed by atoms with E-state index in [9.17, 15) is 4.79 Å². The highest BCUT2D eigenvalue weighted by Gasteiger charge is 2.47. The Morgan fingerprint density at radius 2 is 2.44 bits per heavy atom. The largest absolute Gasteiger partial charge is 0.382 e. The molecule has 48 valence electrons. The highest BCUT2D eigenvalue weighted by molar-refractivity contribution is 5.95. The Morgan fingerprint density at radius 1 is 1.67 bits per heavy atom. The Bertz CT molecular complexity index is 185. The third-order valence-corrected chi connectivity index (χ3v) is 1.61. The van der Waals surface area contributed by atoms with Gasteiger partial charge in [0.05, 0.1) is 0 Å². The van der Waals surface area contributed by atoms with Gasteiger partial charge in [-0.15, -0.1) is 0 Å². The van der Waals surface area contributed by atoms with Crippen molar-refractivity contribution < 1.29 is 14.6 Å². The Hall–Kier alpha value is -0.670. The van der Waals surface area contributed by atoms with E-state index in [1.165, 1.54) is 6.08 Å². The maximum Gasteiger partial charge on any atom is 0.186 e. The summed E-state index contributed by atoms with van der Waals surface area (Å²) in [6, 6.07) is 0. The lowest BCUT2D eigenvalue weighted by Crippen LogP contribution is -2.28. The highest BCUT2D eigenvalue weighted by Crippen LogP contribution is 2.30. The zero-order valence-electron chi connectivity index (χ0n) is 4.65. The van der Waals surface area contributed by atoms with Gasteiger partial charge in [-0.3, -0.25) is 4.79 Å². The van der Waals surface area contributed by atoms with E-state index in [-0.39, 0.29) is 18.0 Å². The van der Waals surface area contributed by atoms with E-state index in [1.54, 1.807) is 6.08 Å². The van der Waals surface area contributed by atoms with Crippen LogP contribution in [-0.2, 0) is 9.53 Å². The van der Waals surface area contributed by atoms with Crippen LogP contribution in [0.2, 0.25) is 0 Å². The summed E-state index contributed by atoms with van der Waals surface area (Å²) < 4.78 is 4.90. The predicted molar refractivity (Wildman–Crippen MR) is 28.8 cm³/mol. The quantitative estimate of drug-likeness (QED) is 0.434. The van der Waals surface area contributed by atoms with Gasteiger partial charge in [0.2, 0.25) is 0 Å². The van der Waals surface area contributed by atoms with Gasteiger partial charge < -0.3 is 9.84 Å². The molecule has 2 aliphatic rings. The number of hydrogen-bond acceptors (Lipinski definition) is 3. The molecule has 3 unspecified atom stereocenters. The van der Waals surface area contributed by atoms with E-state index in [0.29, 0.717) is 0 Å². The van der Waals surface area contributed by atoms with Gasteiger partial charge in [-0.2, -0.15) is 0 Å². The fourth-order valence-corrected chi connectivity index (χ4v) is 0.995. The van der Waals surface area contributed by atoms with E-state index >= 15 is 0 Å². The third-order valence-electron chi connectivity index (χ3n) is 1.61. The monoisotopic (exact) mass is 126 g/mol. The van der Waals surface area contributed by atoms with Crippen LogP contribution in [0.5, 0.6) is 0 Å². The number of aliphatic hydroxyl groups excluding tert-OH is 1. The van der Waals surface area contributed by atoms with Crippen molar-refractivity contribution in [2.45, 2.75) is 18.3 Å². The van der Waals surface area contributed by atoms with Gasteiger partial charge in [-0.05, 0) is 12.2 Å². The molecule has 1 saturated heterocycles. The van der Waals surface area contributed by atoms with Crippen molar-refractivity contribution in [3.63, 3.8) is 0 Å². The molecular weight excluding hydrogens is 120 g/mol. The topological polar surface area (TPSA) is 49.8 Å². The first-order valence-corrected chi connectivity index (χ1v) is 2.84. The summed E-state index contributed by atoms with van der Waals surface area (Å²) in [4.78, 5) is 10.6. The second-order valence-corrected chi connectivity index (χ2v) is 2.27. The van der Waals surface area contributed by atoms with Crippen LogP contribution in [0.25, 0.3) is 0 Å². The van der Waals surface area contributed by atoms with Gasteiger partial charge in [-0.25, -0.2) is 0 Å². The first-order chi connectivity index (χ1) is 4.29. The molecule has 0 aromatic heterocycles. The third kappa shape index (κ3) is 0.620. The second-order valence-electron chi connectivity index (χ2n) is 2.27. The van der Waals surface area contributed by atoms with Crippen LogP contribution in [0, 0.1) is 0 Å². The SMILES string of the molecule is O=C1C=CC2OC2C1O. The Morgan fingerprint density at radius 3 is 3.11 bits per heavy atom. The van der Waals surface area contributed by atoms with Gasteiger partial charge in [0.1, 0.15) is 18.3 Å². The first-order valence-electron chi connectivity index (χ1n) is 2.84. The zero-order valence-corrected chi connectivity index (χ0v) is 4.65. The number of rotatable bonds is 0. The minimum atomic E-state index is -0.903. The lowest BCUT2D eigenvalue weighted by atomic mass is 10.0. The maximum atomic E-state index is 10.6. The molecule has 0 saturated carbocycles. The molecule has 0 radical (unpaired) electrons. The smallest absolute Gasteiger partial charge is 0.186 e. The summed E-state index contributed by atoms with van der Waals surface area (Å²) >= 11 is 0. The van der Waals surface area contributed by atoms with Crippen molar-refractivity contribution in [1.29, 1.82) is 0 Å². The van der Waals surface area contributed by atoms with Crippen molar-refractivity contribution >= 4 is 5.78 Å². The Kier molecular flexibility index (Phi) is 0.817. The molecule has 1 aliphatic carbocycles. The van der Waals surface area contributed by atoms with Crippen molar-refractivity contribution in [1.82, 2.24) is 0 Å². The number of fused-ring (bicyclic) bond motifs is 1.